The third-order valence-corrected chi connectivity index (χ3v) is 5.91. The van der Waals surface area contributed by atoms with Crippen molar-refractivity contribution in [2.24, 2.45) is 5.10 Å². The lowest BCUT2D eigenvalue weighted by atomic mass is 10.1. The fourth-order valence-electron chi connectivity index (χ4n) is 3.54. The SMILES string of the molecule is CCOc1cc(C=NNC(=O)c2cc3ccccc3cc2O)cc(Br)c1OCc1ccc(C)cc1. The lowest BCUT2D eigenvalue weighted by molar-refractivity contribution is 0.0952. The van der Waals surface area contributed by atoms with Crippen molar-refractivity contribution in [3.05, 3.63) is 99.5 Å². The van der Waals surface area contributed by atoms with Gasteiger partial charge in [-0.3, -0.25) is 4.79 Å². The first kappa shape index (κ1) is 24.3. The predicted molar refractivity (Wildman–Crippen MR) is 141 cm³/mol. The van der Waals surface area contributed by atoms with E-state index in [2.05, 4.69) is 26.5 Å². The van der Waals surface area contributed by atoms with Crippen LogP contribution in [0.1, 0.15) is 34.0 Å². The van der Waals surface area contributed by atoms with Gasteiger partial charge in [0.25, 0.3) is 5.91 Å². The first-order valence-corrected chi connectivity index (χ1v) is 11.9. The van der Waals surface area contributed by atoms with Gasteiger partial charge in [0.2, 0.25) is 0 Å². The summed E-state index contributed by atoms with van der Waals surface area (Å²) in [4.78, 5) is 12.6. The number of aromatic hydroxyl groups is 1. The Bertz CT molecular complexity index is 1380. The number of phenols is 1. The van der Waals surface area contributed by atoms with Gasteiger partial charge in [0, 0.05) is 0 Å². The van der Waals surface area contributed by atoms with Crippen LogP contribution in [0.25, 0.3) is 10.8 Å². The topological polar surface area (TPSA) is 80.2 Å². The smallest absolute Gasteiger partial charge is 0.275 e. The van der Waals surface area contributed by atoms with Crippen LogP contribution in [0.5, 0.6) is 17.2 Å². The molecule has 0 unspecified atom stereocenters. The van der Waals surface area contributed by atoms with Crippen LogP contribution in [0, 0.1) is 6.92 Å². The second kappa shape index (κ2) is 11.1. The van der Waals surface area contributed by atoms with E-state index in [0.717, 1.165) is 16.3 Å². The molecule has 0 heterocycles. The van der Waals surface area contributed by atoms with E-state index in [1.54, 1.807) is 18.2 Å². The van der Waals surface area contributed by atoms with Gasteiger partial charge in [0.1, 0.15) is 12.4 Å². The van der Waals surface area contributed by atoms with Gasteiger partial charge < -0.3 is 14.6 Å². The zero-order valence-electron chi connectivity index (χ0n) is 19.4. The van der Waals surface area contributed by atoms with Crippen molar-refractivity contribution in [2.75, 3.05) is 6.61 Å². The van der Waals surface area contributed by atoms with E-state index in [4.69, 9.17) is 9.47 Å². The Morgan fingerprint density at radius 3 is 2.46 bits per heavy atom. The number of carbonyl (C=O) groups is 1. The molecular weight excluding hydrogens is 508 g/mol. The highest BCUT2D eigenvalue weighted by molar-refractivity contribution is 9.10. The van der Waals surface area contributed by atoms with E-state index in [9.17, 15) is 9.90 Å². The number of nitrogens with one attached hydrogen (secondary N) is 1. The number of ether oxygens (including phenoxy) is 2. The molecular formula is C28H25BrN2O4. The maximum atomic E-state index is 12.6. The Hall–Kier alpha value is -3.84. The summed E-state index contributed by atoms with van der Waals surface area (Å²) < 4.78 is 12.5. The molecule has 4 rings (SSSR count). The van der Waals surface area contributed by atoms with Crippen molar-refractivity contribution in [3.8, 4) is 17.2 Å². The summed E-state index contributed by atoms with van der Waals surface area (Å²) in [7, 11) is 0. The maximum absolute atomic E-state index is 12.6. The lowest BCUT2D eigenvalue weighted by Gasteiger charge is -2.15. The largest absolute Gasteiger partial charge is 0.507 e. The maximum Gasteiger partial charge on any atom is 0.275 e. The number of benzene rings is 4. The molecule has 0 aliphatic carbocycles. The second-order valence-corrected chi connectivity index (χ2v) is 8.81. The van der Waals surface area contributed by atoms with Crippen molar-refractivity contribution in [1.82, 2.24) is 5.43 Å². The van der Waals surface area contributed by atoms with Crippen molar-refractivity contribution >= 4 is 38.8 Å². The minimum absolute atomic E-state index is 0.104. The number of aryl methyl sites for hydroxylation is 1. The van der Waals surface area contributed by atoms with Gasteiger partial charge in [-0.2, -0.15) is 5.10 Å². The fraction of sp³-hybridized carbons (Fsp3) is 0.143. The molecule has 0 fully saturated rings. The number of nitrogens with zero attached hydrogens (tertiary/aromatic N) is 1. The molecule has 0 aliphatic heterocycles. The van der Waals surface area contributed by atoms with Crippen LogP contribution in [0.2, 0.25) is 0 Å². The number of fused-ring (bicyclic) bond motifs is 1. The van der Waals surface area contributed by atoms with Crippen LogP contribution in [0.3, 0.4) is 0 Å². The van der Waals surface area contributed by atoms with Crippen molar-refractivity contribution in [3.63, 3.8) is 0 Å². The first-order valence-electron chi connectivity index (χ1n) is 11.1. The van der Waals surface area contributed by atoms with Crippen molar-refractivity contribution < 1.29 is 19.4 Å². The molecule has 0 spiro atoms. The molecule has 4 aromatic carbocycles. The molecule has 1 amide bonds. The van der Waals surface area contributed by atoms with Gasteiger partial charge in [-0.25, -0.2) is 5.43 Å². The van der Waals surface area contributed by atoms with Gasteiger partial charge in [-0.05, 0) is 75.9 Å². The van der Waals surface area contributed by atoms with E-state index in [1.807, 2.05) is 68.4 Å². The standard InChI is InChI=1S/C28H25BrN2O4/c1-3-34-26-13-20(12-24(29)27(26)35-17-19-10-8-18(2)9-11-19)16-30-31-28(33)23-14-21-6-4-5-7-22(21)15-25(23)32/h4-16,32H,3,17H2,1-2H3,(H,31,33). The molecule has 0 bridgehead atoms. The van der Waals surface area contributed by atoms with E-state index in [0.29, 0.717) is 34.7 Å². The Morgan fingerprint density at radius 1 is 1.03 bits per heavy atom. The zero-order valence-corrected chi connectivity index (χ0v) is 21.0. The van der Waals surface area contributed by atoms with E-state index >= 15 is 0 Å². The van der Waals surface area contributed by atoms with Gasteiger partial charge in [-0.1, -0.05) is 54.1 Å². The summed E-state index contributed by atoms with van der Waals surface area (Å²) in [6, 6.07) is 22.5. The van der Waals surface area contributed by atoms with Crippen LogP contribution >= 0.6 is 15.9 Å². The van der Waals surface area contributed by atoms with Gasteiger partial charge in [0.05, 0.1) is 22.9 Å². The quantitative estimate of drug-likeness (QED) is 0.204. The highest BCUT2D eigenvalue weighted by Crippen LogP contribution is 2.37. The molecule has 35 heavy (non-hydrogen) atoms. The van der Waals surface area contributed by atoms with Gasteiger partial charge in [-0.15, -0.1) is 0 Å². The average molecular weight is 533 g/mol. The molecule has 0 atom stereocenters. The number of carbonyl (C=O) groups excluding carboxylic acids is 1. The number of hydrogen-bond donors (Lipinski definition) is 2. The summed E-state index contributed by atoms with van der Waals surface area (Å²) in [5, 5.41) is 16.0. The van der Waals surface area contributed by atoms with Crippen LogP contribution in [-0.4, -0.2) is 23.8 Å². The normalized spacial score (nSPS) is 11.1. The van der Waals surface area contributed by atoms with Gasteiger partial charge >= 0.3 is 0 Å². The third kappa shape index (κ3) is 6.00. The highest BCUT2D eigenvalue weighted by Gasteiger charge is 2.14. The Morgan fingerprint density at radius 2 is 1.74 bits per heavy atom. The fourth-order valence-corrected chi connectivity index (χ4v) is 4.12. The Kier molecular flexibility index (Phi) is 7.67. The summed E-state index contributed by atoms with van der Waals surface area (Å²) >= 11 is 3.56. The zero-order chi connectivity index (χ0) is 24.8. The third-order valence-electron chi connectivity index (χ3n) is 5.32. The molecule has 4 aromatic rings. The monoisotopic (exact) mass is 532 g/mol. The molecule has 7 heteroatoms. The lowest BCUT2D eigenvalue weighted by Crippen LogP contribution is -2.17. The molecule has 0 radical (unpaired) electrons. The average Bonchev–Trinajstić information content (AvgIpc) is 2.84. The van der Waals surface area contributed by atoms with Crippen LogP contribution < -0.4 is 14.9 Å². The molecule has 0 saturated carbocycles. The number of phenolic OH excluding ortho intramolecular Hbond substituents is 1. The summed E-state index contributed by atoms with van der Waals surface area (Å²) in [5.74, 6) is 0.545. The van der Waals surface area contributed by atoms with Crippen LogP contribution in [0.15, 0.2) is 82.4 Å². The number of hydrogen-bond acceptors (Lipinski definition) is 5. The van der Waals surface area contributed by atoms with Crippen molar-refractivity contribution in [2.45, 2.75) is 20.5 Å². The molecule has 0 saturated heterocycles. The molecule has 0 aliphatic rings. The summed E-state index contributed by atoms with van der Waals surface area (Å²) in [5.41, 5.74) is 5.57. The van der Waals surface area contributed by atoms with Crippen LogP contribution in [0.4, 0.5) is 0 Å². The van der Waals surface area contributed by atoms with E-state index in [-0.39, 0.29) is 11.3 Å². The molecule has 0 aromatic heterocycles. The Balaban J connectivity index is 1.48. The van der Waals surface area contributed by atoms with Gasteiger partial charge in [0.15, 0.2) is 11.5 Å². The van der Waals surface area contributed by atoms with E-state index in [1.165, 1.54) is 11.8 Å². The summed E-state index contributed by atoms with van der Waals surface area (Å²) in [6.45, 7) is 4.81. The highest BCUT2D eigenvalue weighted by atomic mass is 79.9. The van der Waals surface area contributed by atoms with E-state index < -0.39 is 5.91 Å². The number of rotatable bonds is 8. The molecule has 6 nitrogen and oxygen atoms in total. The first-order chi connectivity index (χ1) is 16.9. The number of halogens is 1. The molecule has 178 valence electrons. The minimum atomic E-state index is -0.508. The summed E-state index contributed by atoms with van der Waals surface area (Å²) in [6.07, 6.45) is 1.51. The Labute approximate surface area is 212 Å². The van der Waals surface area contributed by atoms with Crippen molar-refractivity contribution in [1.29, 1.82) is 0 Å². The second-order valence-electron chi connectivity index (χ2n) is 7.95. The number of amides is 1. The minimum Gasteiger partial charge on any atom is -0.507 e. The molecule has 2 N–H and O–H groups in total. The predicted octanol–water partition coefficient (Wildman–Crippen LogP) is 6.36. The number of hydrazone groups is 1. The van der Waals surface area contributed by atoms with Crippen LogP contribution in [-0.2, 0) is 6.61 Å².